The van der Waals surface area contributed by atoms with Gasteiger partial charge < -0.3 is 14.8 Å². The van der Waals surface area contributed by atoms with Gasteiger partial charge in [0.1, 0.15) is 17.5 Å². The lowest BCUT2D eigenvalue weighted by Gasteiger charge is -2.32. The van der Waals surface area contributed by atoms with Crippen molar-refractivity contribution in [3.63, 3.8) is 0 Å². The molecule has 10 heteroatoms. The number of nitrogens with one attached hydrogen (secondary N) is 1. The average molecular weight is 489 g/mol. The second-order valence-corrected chi connectivity index (χ2v) is 9.62. The van der Waals surface area contributed by atoms with E-state index in [0.29, 0.717) is 22.1 Å². The minimum Gasteiger partial charge on any atom is -0.497 e. The molecule has 31 heavy (non-hydrogen) atoms. The lowest BCUT2D eigenvalue weighted by Crippen LogP contribution is -2.49. The highest BCUT2D eigenvalue weighted by atomic mass is 35.5. The zero-order chi connectivity index (χ0) is 23.3. The van der Waals surface area contributed by atoms with E-state index in [0.717, 1.165) is 10.6 Å². The molecule has 1 amide bonds. The predicted octanol–water partition coefficient (Wildman–Crippen LogP) is 4.43. The molecular weight excluding hydrogens is 463 g/mol. The fourth-order valence-electron chi connectivity index (χ4n) is 3.26. The molecule has 0 heterocycles. The maximum atomic E-state index is 13.2. The summed E-state index contributed by atoms with van der Waals surface area (Å²) in [5, 5.41) is 3.35. The Bertz CT molecular complexity index is 1050. The van der Waals surface area contributed by atoms with Gasteiger partial charge in [-0.15, -0.1) is 0 Å². The van der Waals surface area contributed by atoms with Crippen molar-refractivity contribution in [2.45, 2.75) is 32.4 Å². The van der Waals surface area contributed by atoms with Crippen LogP contribution in [0.15, 0.2) is 36.4 Å². The maximum Gasteiger partial charge on any atom is 0.244 e. The Morgan fingerprint density at radius 2 is 1.81 bits per heavy atom. The van der Waals surface area contributed by atoms with Crippen molar-refractivity contribution in [3.05, 3.63) is 52.0 Å². The van der Waals surface area contributed by atoms with E-state index in [1.807, 2.05) is 0 Å². The Kier molecular flexibility index (Phi) is 8.45. The van der Waals surface area contributed by atoms with E-state index in [9.17, 15) is 13.2 Å². The lowest BCUT2D eigenvalue weighted by atomic mass is 10.1. The van der Waals surface area contributed by atoms with Gasteiger partial charge in [0, 0.05) is 10.6 Å². The second-order valence-electron chi connectivity index (χ2n) is 6.92. The number of benzene rings is 2. The molecule has 0 unspecified atom stereocenters. The highest BCUT2D eigenvalue weighted by Crippen LogP contribution is 2.34. The third-order valence-corrected chi connectivity index (χ3v) is 6.46. The summed E-state index contributed by atoms with van der Waals surface area (Å²) in [4.78, 5) is 13.2. The normalized spacial score (nSPS) is 13.3. The second kappa shape index (κ2) is 10.4. The van der Waals surface area contributed by atoms with Crippen LogP contribution in [-0.2, 0) is 14.8 Å². The van der Waals surface area contributed by atoms with Crippen LogP contribution in [0.4, 0.5) is 5.69 Å². The van der Waals surface area contributed by atoms with Gasteiger partial charge in [-0.1, -0.05) is 30.1 Å². The highest BCUT2D eigenvalue weighted by Gasteiger charge is 2.33. The molecule has 0 bridgehead atoms. The predicted molar refractivity (Wildman–Crippen MR) is 124 cm³/mol. The summed E-state index contributed by atoms with van der Waals surface area (Å²) in [6.45, 7) is 3.50. The van der Waals surface area contributed by atoms with Gasteiger partial charge in [-0.2, -0.15) is 0 Å². The molecule has 2 atom stereocenters. The first kappa shape index (κ1) is 25.1. The highest BCUT2D eigenvalue weighted by molar-refractivity contribution is 7.92. The minimum absolute atomic E-state index is 0.144. The van der Waals surface area contributed by atoms with Crippen molar-refractivity contribution < 1.29 is 22.7 Å². The SMILES string of the molecule is CC[C@H](C(=O)N[C@H](C)c1cc(OC)ccc1OC)N(c1cc(Cl)ccc1Cl)S(C)(=O)=O. The van der Waals surface area contributed by atoms with Crippen LogP contribution in [-0.4, -0.2) is 40.8 Å². The molecule has 0 fully saturated rings. The van der Waals surface area contributed by atoms with Gasteiger partial charge >= 0.3 is 0 Å². The third-order valence-electron chi connectivity index (χ3n) is 4.74. The van der Waals surface area contributed by atoms with Gasteiger partial charge in [0.05, 0.1) is 37.2 Å². The van der Waals surface area contributed by atoms with Gasteiger partial charge in [-0.05, 0) is 49.7 Å². The molecule has 2 aromatic carbocycles. The molecule has 2 rings (SSSR count). The fraction of sp³-hybridized carbons (Fsp3) is 0.381. The molecule has 0 aliphatic rings. The van der Waals surface area contributed by atoms with E-state index in [1.54, 1.807) is 45.2 Å². The summed E-state index contributed by atoms with van der Waals surface area (Å²) in [5.41, 5.74) is 0.835. The molecule has 2 aromatic rings. The number of hydrogen-bond acceptors (Lipinski definition) is 5. The number of methoxy groups -OCH3 is 2. The van der Waals surface area contributed by atoms with Gasteiger partial charge in [0.25, 0.3) is 0 Å². The molecular formula is C21H26Cl2N2O5S. The van der Waals surface area contributed by atoms with Crippen LogP contribution in [0.1, 0.15) is 31.9 Å². The van der Waals surface area contributed by atoms with E-state index in [4.69, 9.17) is 32.7 Å². The molecule has 170 valence electrons. The summed E-state index contributed by atoms with van der Waals surface area (Å²) >= 11 is 12.3. The Morgan fingerprint density at radius 3 is 2.35 bits per heavy atom. The van der Waals surface area contributed by atoms with E-state index in [2.05, 4.69) is 5.32 Å². The number of halogens is 2. The van der Waals surface area contributed by atoms with Crippen LogP contribution in [0.25, 0.3) is 0 Å². The number of ether oxygens (including phenoxy) is 2. The number of nitrogens with zero attached hydrogens (tertiary/aromatic N) is 1. The molecule has 7 nitrogen and oxygen atoms in total. The standard InChI is InChI=1S/C21H26Cl2N2O5S/c1-6-18(25(31(5,27)28)19-11-14(22)7-9-17(19)23)21(26)24-13(2)16-12-15(29-3)8-10-20(16)30-4/h7-13,18H,6H2,1-5H3,(H,24,26)/t13-,18-/m1/s1. The summed E-state index contributed by atoms with van der Waals surface area (Å²) in [6, 6.07) is 8.19. The number of carbonyl (C=O) groups excluding carboxylic acids is 1. The van der Waals surface area contributed by atoms with Crippen molar-refractivity contribution in [2.24, 2.45) is 0 Å². The number of rotatable bonds is 9. The van der Waals surface area contributed by atoms with Gasteiger partial charge in [0.2, 0.25) is 15.9 Å². The number of anilines is 1. The van der Waals surface area contributed by atoms with E-state index in [1.165, 1.54) is 19.2 Å². The molecule has 0 aliphatic carbocycles. The van der Waals surface area contributed by atoms with Crippen LogP contribution < -0.4 is 19.1 Å². The van der Waals surface area contributed by atoms with Crippen LogP contribution in [0, 0.1) is 0 Å². The molecule has 0 radical (unpaired) electrons. The average Bonchev–Trinajstić information content (AvgIpc) is 2.72. The molecule has 1 N–H and O–H groups in total. The number of carbonyl (C=O) groups is 1. The van der Waals surface area contributed by atoms with Crippen LogP contribution in [0.5, 0.6) is 11.5 Å². The van der Waals surface area contributed by atoms with Crippen molar-refractivity contribution in [1.29, 1.82) is 0 Å². The molecule has 0 aromatic heterocycles. The van der Waals surface area contributed by atoms with Gasteiger partial charge in [-0.3, -0.25) is 9.10 Å². The minimum atomic E-state index is -3.85. The summed E-state index contributed by atoms with van der Waals surface area (Å²) < 4.78 is 37.0. The Hall–Kier alpha value is -2.16. The number of hydrogen-bond donors (Lipinski definition) is 1. The smallest absolute Gasteiger partial charge is 0.244 e. The van der Waals surface area contributed by atoms with E-state index < -0.39 is 28.0 Å². The Balaban J connectivity index is 2.42. The third kappa shape index (κ3) is 5.96. The van der Waals surface area contributed by atoms with Crippen molar-refractivity contribution in [1.82, 2.24) is 5.32 Å². The number of sulfonamides is 1. The molecule has 0 saturated heterocycles. The van der Waals surface area contributed by atoms with E-state index in [-0.39, 0.29) is 17.1 Å². The Labute approximate surface area is 193 Å². The van der Waals surface area contributed by atoms with Crippen molar-refractivity contribution >= 4 is 44.8 Å². The summed E-state index contributed by atoms with van der Waals surface area (Å²) in [7, 11) is -0.781. The van der Waals surface area contributed by atoms with Crippen molar-refractivity contribution in [3.8, 4) is 11.5 Å². The largest absolute Gasteiger partial charge is 0.497 e. The zero-order valence-corrected chi connectivity index (χ0v) is 20.3. The first-order valence-corrected chi connectivity index (χ1v) is 12.1. The summed E-state index contributed by atoms with van der Waals surface area (Å²) in [5.74, 6) is 0.688. The maximum absolute atomic E-state index is 13.2. The van der Waals surface area contributed by atoms with Gasteiger partial charge in [0.15, 0.2) is 0 Å². The van der Waals surface area contributed by atoms with Crippen LogP contribution in [0.3, 0.4) is 0 Å². The summed E-state index contributed by atoms with van der Waals surface area (Å²) in [6.07, 6.45) is 1.23. The first-order valence-electron chi connectivity index (χ1n) is 9.50. The first-order chi connectivity index (χ1) is 14.5. The molecule has 0 saturated carbocycles. The Morgan fingerprint density at radius 1 is 1.13 bits per heavy atom. The van der Waals surface area contributed by atoms with Gasteiger partial charge in [-0.25, -0.2) is 8.42 Å². The monoisotopic (exact) mass is 488 g/mol. The quantitative estimate of drug-likeness (QED) is 0.563. The zero-order valence-electron chi connectivity index (χ0n) is 18.0. The van der Waals surface area contributed by atoms with Crippen LogP contribution >= 0.6 is 23.2 Å². The lowest BCUT2D eigenvalue weighted by molar-refractivity contribution is -0.122. The molecule has 0 aliphatic heterocycles. The topological polar surface area (TPSA) is 84.9 Å². The number of amides is 1. The fourth-order valence-corrected chi connectivity index (χ4v) is 4.90. The van der Waals surface area contributed by atoms with Crippen LogP contribution in [0.2, 0.25) is 10.0 Å². The molecule has 0 spiro atoms. The van der Waals surface area contributed by atoms with Crippen molar-refractivity contribution in [2.75, 3.05) is 24.8 Å². The van der Waals surface area contributed by atoms with E-state index >= 15 is 0 Å².